The Hall–Kier alpha value is -1.72. The van der Waals surface area contributed by atoms with Crippen LogP contribution in [0.15, 0.2) is 0 Å². The molecule has 1 rings (SSSR count). The largest absolute Gasteiger partial charge is 0.338 e. The standard InChI is InChI=1S/C13H20N2O4/c1-9-8-14(12(18)6-10(2)16)4-5-15(9)13(19)7-11(3)17/h9H,4-8H2,1-3H3. The van der Waals surface area contributed by atoms with Crippen molar-refractivity contribution in [1.29, 1.82) is 0 Å². The van der Waals surface area contributed by atoms with E-state index in [2.05, 4.69) is 0 Å². The topological polar surface area (TPSA) is 74.8 Å². The molecule has 0 aromatic rings. The molecule has 1 aliphatic heterocycles. The summed E-state index contributed by atoms with van der Waals surface area (Å²) in [6, 6.07) is -0.128. The molecule has 0 aromatic carbocycles. The van der Waals surface area contributed by atoms with Crippen molar-refractivity contribution >= 4 is 23.4 Å². The van der Waals surface area contributed by atoms with Gasteiger partial charge in [0.05, 0.1) is 12.8 Å². The van der Waals surface area contributed by atoms with Crippen molar-refractivity contribution in [3.63, 3.8) is 0 Å². The maximum Gasteiger partial charge on any atom is 0.230 e. The molecule has 6 heteroatoms. The summed E-state index contributed by atoms with van der Waals surface area (Å²) >= 11 is 0. The molecule has 6 nitrogen and oxygen atoms in total. The van der Waals surface area contributed by atoms with E-state index in [4.69, 9.17) is 0 Å². The minimum absolute atomic E-state index is 0.0892. The Labute approximate surface area is 112 Å². The second-order valence-electron chi connectivity index (χ2n) is 5.03. The molecule has 1 atom stereocenters. The molecule has 0 bridgehead atoms. The average Bonchev–Trinajstić information content (AvgIpc) is 2.26. The Kier molecular flexibility index (Phi) is 5.20. The molecular weight excluding hydrogens is 248 g/mol. The van der Waals surface area contributed by atoms with Crippen molar-refractivity contribution in [3.05, 3.63) is 0 Å². The normalized spacial score (nSPS) is 19.2. The zero-order chi connectivity index (χ0) is 14.6. The lowest BCUT2D eigenvalue weighted by Crippen LogP contribution is -2.55. The van der Waals surface area contributed by atoms with Gasteiger partial charge in [-0.05, 0) is 20.8 Å². The zero-order valence-corrected chi connectivity index (χ0v) is 11.6. The van der Waals surface area contributed by atoms with Crippen molar-refractivity contribution in [2.45, 2.75) is 39.7 Å². The molecule has 0 N–H and O–H groups in total. The number of nitrogens with zero attached hydrogens (tertiary/aromatic N) is 2. The Morgan fingerprint density at radius 3 is 1.95 bits per heavy atom. The first kappa shape index (κ1) is 15.3. The number of hydrogen-bond donors (Lipinski definition) is 0. The summed E-state index contributed by atoms with van der Waals surface area (Å²) in [7, 11) is 0. The molecule has 106 valence electrons. The summed E-state index contributed by atoms with van der Waals surface area (Å²) < 4.78 is 0. The minimum Gasteiger partial charge on any atom is -0.338 e. The Morgan fingerprint density at radius 2 is 1.47 bits per heavy atom. The molecule has 0 saturated carbocycles. The van der Waals surface area contributed by atoms with Crippen LogP contribution in [0, 0.1) is 0 Å². The average molecular weight is 268 g/mol. The predicted molar refractivity (Wildman–Crippen MR) is 68.4 cm³/mol. The number of ketones is 2. The predicted octanol–water partition coefficient (Wildman–Crippen LogP) is 0.00390. The third kappa shape index (κ3) is 4.46. The number of amides is 2. The molecular formula is C13H20N2O4. The molecule has 0 radical (unpaired) electrons. The van der Waals surface area contributed by atoms with E-state index in [1.165, 1.54) is 13.8 Å². The van der Waals surface area contributed by atoms with Gasteiger partial charge in [0, 0.05) is 25.7 Å². The van der Waals surface area contributed by atoms with Crippen molar-refractivity contribution in [1.82, 2.24) is 9.80 Å². The summed E-state index contributed by atoms with van der Waals surface area (Å²) in [4.78, 5) is 48.7. The van der Waals surface area contributed by atoms with E-state index in [-0.39, 0.29) is 42.3 Å². The van der Waals surface area contributed by atoms with Gasteiger partial charge >= 0.3 is 0 Å². The lowest BCUT2D eigenvalue weighted by atomic mass is 10.1. The SMILES string of the molecule is CC(=O)CC(=O)N1CCN(C(=O)CC(C)=O)C(C)C1. The third-order valence-corrected chi connectivity index (χ3v) is 3.10. The van der Waals surface area contributed by atoms with Crippen molar-refractivity contribution in [3.8, 4) is 0 Å². The first-order valence-corrected chi connectivity index (χ1v) is 6.37. The van der Waals surface area contributed by atoms with Gasteiger partial charge in [0.15, 0.2) is 0 Å². The Morgan fingerprint density at radius 1 is 0.947 bits per heavy atom. The zero-order valence-electron chi connectivity index (χ0n) is 11.6. The van der Waals surface area contributed by atoms with E-state index < -0.39 is 0 Å². The van der Waals surface area contributed by atoms with Gasteiger partial charge in [-0.2, -0.15) is 0 Å². The second kappa shape index (κ2) is 6.45. The summed E-state index contributed by atoms with van der Waals surface area (Å²) in [6.07, 6.45) is -0.181. The summed E-state index contributed by atoms with van der Waals surface area (Å²) in [5.41, 5.74) is 0. The van der Waals surface area contributed by atoms with Gasteiger partial charge in [-0.25, -0.2) is 0 Å². The molecule has 0 aromatic heterocycles. The number of carbonyl (C=O) groups excluding carboxylic acids is 4. The number of piperazine rings is 1. The molecule has 1 heterocycles. The Balaban J connectivity index is 2.56. The van der Waals surface area contributed by atoms with Crippen LogP contribution in [0.3, 0.4) is 0 Å². The number of Topliss-reactive ketones (excluding diaryl/α,β-unsaturated/α-hetero) is 2. The minimum atomic E-state index is -0.196. The third-order valence-electron chi connectivity index (χ3n) is 3.10. The van der Waals surface area contributed by atoms with Crippen LogP contribution in [0.25, 0.3) is 0 Å². The number of rotatable bonds is 4. The van der Waals surface area contributed by atoms with E-state index in [1.807, 2.05) is 6.92 Å². The van der Waals surface area contributed by atoms with Gasteiger partial charge < -0.3 is 9.80 Å². The van der Waals surface area contributed by atoms with E-state index in [0.29, 0.717) is 19.6 Å². The fraction of sp³-hybridized carbons (Fsp3) is 0.692. The van der Waals surface area contributed by atoms with Gasteiger partial charge in [-0.1, -0.05) is 0 Å². The highest BCUT2D eigenvalue weighted by atomic mass is 16.2. The van der Waals surface area contributed by atoms with Gasteiger partial charge in [0.25, 0.3) is 0 Å². The van der Waals surface area contributed by atoms with Crippen LogP contribution < -0.4 is 0 Å². The number of hydrogen-bond acceptors (Lipinski definition) is 4. The van der Waals surface area contributed by atoms with E-state index in [1.54, 1.807) is 9.80 Å². The highest BCUT2D eigenvalue weighted by Crippen LogP contribution is 2.12. The van der Waals surface area contributed by atoms with E-state index in [9.17, 15) is 19.2 Å². The van der Waals surface area contributed by atoms with Crippen LogP contribution in [0.4, 0.5) is 0 Å². The van der Waals surface area contributed by atoms with Crippen LogP contribution in [-0.2, 0) is 19.2 Å². The molecule has 19 heavy (non-hydrogen) atoms. The van der Waals surface area contributed by atoms with Crippen molar-refractivity contribution in [2.24, 2.45) is 0 Å². The van der Waals surface area contributed by atoms with Gasteiger partial charge in [0.1, 0.15) is 11.6 Å². The molecule has 1 saturated heterocycles. The lowest BCUT2D eigenvalue weighted by Gasteiger charge is -2.39. The summed E-state index contributed by atoms with van der Waals surface area (Å²) in [6.45, 7) is 5.85. The quantitative estimate of drug-likeness (QED) is 0.673. The first-order valence-electron chi connectivity index (χ1n) is 6.37. The van der Waals surface area contributed by atoms with Crippen LogP contribution in [0.5, 0.6) is 0 Å². The van der Waals surface area contributed by atoms with E-state index in [0.717, 1.165) is 0 Å². The Bertz CT molecular complexity index is 405. The maximum atomic E-state index is 11.8. The molecule has 1 fully saturated rings. The summed E-state index contributed by atoms with van der Waals surface area (Å²) in [5.74, 6) is -0.711. The van der Waals surface area contributed by atoms with Gasteiger partial charge in [-0.3, -0.25) is 19.2 Å². The molecule has 0 aliphatic carbocycles. The molecule has 2 amide bonds. The maximum absolute atomic E-state index is 11.8. The second-order valence-corrected chi connectivity index (χ2v) is 5.03. The van der Waals surface area contributed by atoms with Crippen molar-refractivity contribution in [2.75, 3.05) is 19.6 Å². The number of carbonyl (C=O) groups is 4. The van der Waals surface area contributed by atoms with Crippen LogP contribution >= 0.6 is 0 Å². The highest BCUT2D eigenvalue weighted by molar-refractivity contribution is 5.98. The first-order chi connectivity index (χ1) is 8.81. The summed E-state index contributed by atoms with van der Waals surface area (Å²) in [5, 5.41) is 0. The molecule has 1 unspecified atom stereocenters. The fourth-order valence-corrected chi connectivity index (χ4v) is 2.19. The molecule has 0 spiro atoms. The van der Waals surface area contributed by atoms with Gasteiger partial charge in [0.2, 0.25) is 11.8 Å². The van der Waals surface area contributed by atoms with Crippen LogP contribution in [0.2, 0.25) is 0 Å². The van der Waals surface area contributed by atoms with Crippen molar-refractivity contribution < 1.29 is 19.2 Å². The lowest BCUT2D eigenvalue weighted by molar-refractivity contribution is -0.145. The van der Waals surface area contributed by atoms with Crippen LogP contribution in [0.1, 0.15) is 33.6 Å². The van der Waals surface area contributed by atoms with E-state index >= 15 is 0 Å². The molecule has 1 aliphatic rings. The smallest absolute Gasteiger partial charge is 0.230 e. The fourth-order valence-electron chi connectivity index (χ4n) is 2.19. The highest BCUT2D eigenvalue weighted by Gasteiger charge is 2.30. The van der Waals surface area contributed by atoms with Crippen LogP contribution in [-0.4, -0.2) is 58.9 Å². The van der Waals surface area contributed by atoms with Gasteiger partial charge in [-0.15, -0.1) is 0 Å². The monoisotopic (exact) mass is 268 g/mol.